The van der Waals surface area contributed by atoms with E-state index in [-0.39, 0.29) is 25.0 Å². The topological polar surface area (TPSA) is 58.6 Å². The molecular formula is C27H30BrClN2O3. The third kappa shape index (κ3) is 6.73. The number of hydrogen-bond acceptors (Lipinski definition) is 3. The maximum absolute atomic E-state index is 13.4. The number of rotatable bonds is 11. The molecule has 0 saturated carbocycles. The average molecular weight is 546 g/mol. The number of benzene rings is 3. The lowest BCUT2D eigenvalue weighted by Crippen LogP contribution is -2.50. The lowest BCUT2D eigenvalue weighted by molar-refractivity contribution is -0.143. The zero-order valence-electron chi connectivity index (χ0n) is 19.5. The van der Waals surface area contributed by atoms with E-state index in [1.54, 1.807) is 17.0 Å². The summed E-state index contributed by atoms with van der Waals surface area (Å²) in [5, 5.41) is 5.67. The molecule has 1 N–H and O–H groups in total. The van der Waals surface area contributed by atoms with E-state index in [4.69, 9.17) is 16.3 Å². The van der Waals surface area contributed by atoms with Crippen molar-refractivity contribution in [3.05, 3.63) is 75.7 Å². The molecule has 1 atom stereocenters. The fourth-order valence-electron chi connectivity index (χ4n) is 3.76. The molecule has 3 aromatic rings. The van der Waals surface area contributed by atoms with Gasteiger partial charge in [-0.1, -0.05) is 74.3 Å². The first-order valence-electron chi connectivity index (χ1n) is 11.6. The molecule has 0 saturated heterocycles. The van der Waals surface area contributed by atoms with Crippen molar-refractivity contribution < 1.29 is 14.3 Å². The molecule has 0 bridgehead atoms. The highest BCUT2D eigenvalue weighted by Crippen LogP contribution is 2.33. The number of amides is 2. The van der Waals surface area contributed by atoms with Crippen LogP contribution in [0.15, 0.2) is 65.1 Å². The van der Waals surface area contributed by atoms with Gasteiger partial charge in [-0.3, -0.25) is 9.59 Å². The first kappa shape index (κ1) is 26.0. The first-order chi connectivity index (χ1) is 16.4. The maximum atomic E-state index is 13.4. The Bertz CT molecular complexity index is 1120. The Hall–Kier alpha value is -2.57. The van der Waals surface area contributed by atoms with Crippen LogP contribution in [0.5, 0.6) is 5.75 Å². The highest BCUT2D eigenvalue weighted by atomic mass is 79.9. The van der Waals surface area contributed by atoms with Gasteiger partial charge in [-0.05, 0) is 63.3 Å². The minimum Gasteiger partial charge on any atom is -0.483 e. The number of carbonyl (C=O) groups excluding carboxylic acids is 2. The molecule has 34 heavy (non-hydrogen) atoms. The number of nitrogens with zero attached hydrogens (tertiary/aromatic N) is 1. The van der Waals surface area contributed by atoms with Crippen LogP contribution in [0.1, 0.15) is 38.7 Å². The Labute approximate surface area is 214 Å². The van der Waals surface area contributed by atoms with Crippen LogP contribution >= 0.6 is 27.5 Å². The molecule has 0 fully saturated rings. The van der Waals surface area contributed by atoms with Gasteiger partial charge >= 0.3 is 0 Å². The van der Waals surface area contributed by atoms with E-state index in [0.717, 1.165) is 33.7 Å². The number of hydrogen-bond donors (Lipinski definition) is 1. The van der Waals surface area contributed by atoms with Crippen molar-refractivity contribution in [1.29, 1.82) is 0 Å². The summed E-state index contributed by atoms with van der Waals surface area (Å²) in [6, 6.07) is 18.5. The van der Waals surface area contributed by atoms with Crippen LogP contribution in [0.4, 0.5) is 0 Å². The van der Waals surface area contributed by atoms with E-state index in [2.05, 4.69) is 28.2 Å². The number of nitrogens with one attached hydrogen (secondary N) is 1. The van der Waals surface area contributed by atoms with Gasteiger partial charge in [0.2, 0.25) is 5.91 Å². The lowest BCUT2D eigenvalue weighted by atomic mass is 10.1. The fourth-order valence-corrected chi connectivity index (χ4v) is 4.49. The number of carbonyl (C=O) groups is 2. The van der Waals surface area contributed by atoms with Crippen molar-refractivity contribution in [2.75, 3.05) is 13.2 Å². The van der Waals surface area contributed by atoms with E-state index < -0.39 is 6.04 Å². The van der Waals surface area contributed by atoms with Gasteiger partial charge in [0.25, 0.3) is 5.91 Å². The second-order valence-electron chi connectivity index (χ2n) is 8.10. The van der Waals surface area contributed by atoms with Gasteiger partial charge in [0.05, 0.1) is 4.47 Å². The normalized spacial score (nSPS) is 11.8. The molecule has 0 radical (unpaired) electrons. The van der Waals surface area contributed by atoms with Crippen molar-refractivity contribution in [2.45, 2.75) is 45.7 Å². The van der Waals surface area contributed by atoms with Crippen LogP contribution in [0.25, 0.3) is 10.8 Å². The summed E-state index contributed by atoms with van der Waals surface area (Å²) in [6.07, 6.45) is 2.38. The van der Waals surface area contributed by atoms with Crippen molar-refractivity contribution >= 4 is 50.1 Å². The van der Waals surface area contributed by atoms with Crippen LogP contribution < -0.4 is 10.1 Å². The molecule has 1 unspecified atom stereocenters. The van der Waals surface area contributed by atoms with Crippen LogP contribution in [-0.4, -0.2) is 35.9 Å². The third-order valence-corrected chi connectivity index (χ3v) is 6.73. The Morgan fingerprint density at radius 2 is 1.79 bits per heavy atom. The Balaban J connectivity index is 1.79. The van der Waals surface area contributed by atoms with E-state index in [1.165, 1.54) is 0 Å². The quantitative estimate of drug-likeness (QED) is 0.285. The summed E-state index contributed by atoms with van der Waals surface area (Å²) in [4.78, 5) is 27.9. The molecule has 5 nitrogen and oxygen atoms in total. The van der Waals surface area contributed by atoms with Gasteiger partial charge in [-0.25, -0.2) is 0 Å². The predicted octanol–water partition coefficient (Wildman–Crippen LogP) is 6.36. The van der Waals surface area contributed by atoms with Gasteiger partial charge < -0.3 is 15.0 Å². The van der Waals surface area contributed by atoms with Crippen molar-refractivity contribution in [1.82, 2.24) is 10.2 Å². The third-order valence-electron chi connectivity index (χ3n) is 5.66. The standard InChI is InChI=1S/C27H30BrClN2O3/c1-3-5-16-30-27(33)23(4-2)31(17-19-10-13-21(29)14-11-19)25(32)18-34-24-15-12-20-8-6-7-9-22(20)26(24)28/h6-15,23H,3-5,16-18H2,1-2H3,(H,30,33). The number of halogens is 2. The van der Waals surface area contributed by atoms with Gasteiger partial charge in [0.15, 0.2) is 6.61 Å². The van der Waals surface area contributed by atoms with E-state index in [1.807, 2.05) is 55.5 Å². The smallest absolute Gasteiger partial charge is 0.261 e. The van der Waals surface area contributed by atoms with Gasteiger partial charge in [-0.15, -0.1) is 0 Å². The molecule has 7 heteroatoms. The summed E-state index contributed by atoms with van der Waals surface area (Å²) in [5.74, 6) is 0.177. The van der Waals surface area contributed by atoms with Crippen molar-refractivity contribution in [2.24, 2.45) is 0 Å². The van der Waals surface area contributed by atoms with Crippen LogP contribution in [0, 0.1) is 0 Å². The van der Waals surface area contributed by atoms with E-state index >= 15 is 0 Å². The largest absolute Gasteiger partial charge is 0.483 e. The van der Waals surface area contributed by atoms with Gasteiger partial charge in [0.1, 0.15) is 11.8 Å². The summed E-state index contributed by atoms with van der Waals surface area (Å²) in [5.41, 5.74) is 0.893. The van der Waals surface area contributed by atoms with Crippen molar-refractivity contribution in [3.63, 3.8) is 0 Å². The average Bonchev–Trinajstić information content (AvgIpc) is 2.85. The highest BCUT2D eigenvalue weighted by molar-refractivity contribution is 9.10. The molecule has 2 amide bonds. The Morgan fingerprint density at radius 3 is 2.50 bits per heavy atom. The molecule has 0 heterocycles. The Morgan fingerprint density at radius 1 is 1.06 bits per heavy atom. The number of ether oxygens (including phenoxy) is 1. The second kappa shape index (κ2) is 12.8. The molecule has 3 aromatic carbocycles. The zero-order valence-corrected chi connectivity index (χ0v) is 21.9. The molecule has 0 aromatic heterocycles. The van der Waals surface area contributed by atoms with E-state index in [9.17, 15) is 9.59 Å². The van der Waals surface area contributed by atoms with Crippen LogP contribution in [-0.2, 0) is 16.1 Å². The SMILES string of the molecule is CCCCNC(=O)C(CC)N(Cc1ccc(Cl)cc1)C(=O)COc1ccc2ccccc2c1Br. The molecule has 180 valence electrons. The van der Waals surface area contributed by atoms with E-state index in [0.29, 0.717) is 23.7 Å². The minimum absolute atomic E-state index is 0.148. The van der Waals surface area contributed by atoms with Crippen molar-refractivity contribution in [3.8, 4) is 5.75 Å². The summed E-state index contributed by atoms with van der Waals surface area (Å²) < 4.78 is 6.72. The van der Waals surface area contributed by atoms with Gasteiger partial charge in [0, 0.05) is 18.1 Å². The molecular weight excluding hydrogens is 516 g/mol. The van der Waals surface area contributed by atoms with Gasteiger partial charge in [-0.2, -0.15) is 0 Å². The summed E-state index contributed by atoms with van der Waals surface area (Å²) in [6.45, 7) is 4.69. The molecule has 0 spiro atoms. The summed E-state index contributed by atoms with van der Waals surface area (Å²) >= 11 is 9.63. The molecule has 3 rings (SSSR count). The fraction of sp³-hybridized carbons (Fsp3) is 0.333. The van der Waals surface area contributed by atoms with Crippen LogP contribution in [0.2, 0.25) is 5.02 Å². The Kier molecular flexibility index (Phi) is 9.78. The number of fused-ring (bicyclic) bond motifs is 1. The molecule has 0 aliphatic heterocycles. The monoisotopic (exact) mass is 544 g/mol. The zero-order chi connectivity index (χ0) is 24.5. The lowest BCUT2D eigenvalue weighted by Gasteiger charge is -2.30. The molecule has 0 aliphatic rings. The number of unbranched alkanes of at least 4 members (excludes halogenated alkanes) is 1. The molecule has 0 aliphatic carbocycles. The van der Waals surface area contributed by atoms with Crippen LogP contribution in [0.3, 0.4) is 0 Å². The predicted molar refractivity (Wildman–Crippen MR) is 141 cm³/mol. The highest BCUT2D eigenvalue weighted by Gasteiger charge is 2.29. The first-order valence-corrected chi connectivity index (χ1v) is 12.7. The maximum Gasteiger partial charge on any atom is 0.261 e. The summed E-state index contributed by atoms with van der Waals surface area (Å²) in [7, 11) is 0. The second-order valence-corrected chi connectivity index (χ2v) is 9.33. The minimum atomic E-state index is -0.594.